The van der Waals surface area contributed by atoms with Crippen LogP contribution < -0.4 is 16.0 Å². The molecule has 3 heterocycles. The molecule has 2 aromatic carbocycles. The Bertz CT molecular complexity index is 1360. The molecule has 3 N–H and O–H groups in total. The average molecular weight is 485 g/mol. The Morgan fingerprint density at radius 2 is 2.03 bits per heavy atom. The van der Waals surface area contributed by atoms with Crippen LogP contribution in [0.3, 0.4) is 0 Å². The highest BCUT2D eigenvalue weighted by molar-refractivity contribution is 7.13. The minimum atomic E-state index is -0.412. The van der Waals surface area contributed by atoms with Crippen LogP contribution in [-0.2, 0) is 17.8 Å². The van der Waals surface area contributed by atoms with Crippen molar-refractivity contribution in [2.24, 2.45) is 0 Å². The fourth-order valence-corrected chi connectivity index (χ4v) is 4.81. The van der Waals surface area contributed by atoms with Crippen molar-refractivity contribution in [3.63, 3.8) is 0 Å². The standard InChI is InChI=1S/C27H24N4O3S/c28-22-9-7-20(25-6-3-13-35-25)15-23(22)30-26(32)21-8-10-24-19(14-21)5-2-12-31(24)27(33)34-17-18-4-1-11-29-16-18/h1,3-4,6-11,13-16H,2,5,12,17,28H2,(H,30,32). The van der Waals surface area contributed by atoms with E-state index in [2.05, 4.69) is 10.3 Å². The van der Waals surface area contributed by atoms with E-state index in [1.807, 2.05) is 41.8 Å². The summed E-state index contributed by atoms with van der Waals surface area (Å²) in [7, 11) is 0. The first kappa shape index (κ1) is 22.6. The zero-order chi connectivity index (χ0) is 24.2. The van der Waals surface area contributed by atoms with E-state index in [1.165, 1.54) is 0 Å². The summed E-state index contributed by atoms with van der Waals surface area (Å²) in [5.74, 6) is -0.251. The molecule has 0 fully saturated rings. The number of nitrogen functional groups attached to an aromatic ring is 1. The topological polar surface area (TPSA) is 97.6 Å². The summed E-state index contributed by atoms with van der Waals surface area (Å²) < 4.78 is 5.49. The summed E-state index contributed by atoms with van der Waals surface area (Å²) in [4.78, 5) is 32.6. The van der Waals surface area contributed by atoms with Crippen molar-refractivity contribution in [1.82, 2.24) is 4.98 Å². The third-order valence-corrected chi connectivity index (χ3v) is 6.79. The van der Waals surface area contributed by atoms with Crippen LogP contribution >= 0.6 is 11.3 Å². The summed E-state index contributed by atoms with van der Waals surface area (Å²) in [5, 5.41) is 4.95. The number of nitrogens with zero attached hydrogens (tertiary/aromatic N) is 2. The summed E-state index contributed by atoms with van der Waals surface area (Å²) >= 11 is 1.63. The Hall–Kier alpha value is -4.17. The van der Waals surface area contributed by atoms with E-state index in [-0.39, 0.29) is 12.5 Å². The number of carbonyl (C=O) groups is 2. The van der Waals surface area contributed by atoms with Gasteiger partial charge >= 0.3 is 6.09 Å². The largest absolute Gasteiger partial charge is 0.444 e. The van der Waals surface area contributed by atoms with Crippen molar-refractivity contribution >= 4 is 40.4 Å². The molecule has 0 saturated heterocycles. The fraction of sp³-hybridized carbons (Fsp3) is 0.148. The van der Waals surface area contributed by atoms with E-state index >= 15 is 0 Å². The minimum Gasteiger partial charge on any atom is -0.444 e. The monoisotopic (exact) mass is 484 g/mol. The van der Waals surface area contributed by atoms with Crippen molar-refractivity contribution in [3.8, 4) is 10.4 Å². The molecular formula is C27H24N4O3S. The Balaban J connectivity index is 1.31. The molecule has 0 aliphatic carbocycles. The maximum Gasteiger partial charge on any atom is 0.414 e. The molecule has 0 bridgehead atoms. The first-order chi connectivity index (χ1) is 17.1. The summed E-state index contributed by atoms with van der Waals surface area (Å²) in [5.41, 5.74) is 11.2. The molecule has 0 saturated carbocycles. The summed E-state index contributed by atoms with van der Waals surface area (Å²) in [6, 6.07) is 18.7. The SMILES string of the molecule is Nc1ccc(-c2cccs2)cc1NC(=O)c1ccc2c(c1)CCCN2C(=O)OCc1cccnc1. The molecule has 35 heavy (non-hydrogen) atoms. The number of carbonyl (C=O) groups excluding carboxylic acids is 2. The van der Waals surface area contributed by atoms with Gasteiger partial charge in [0.15, 0.2) is 0 Å². The molecule has 8 heteroatoms. The molecule has 2 aromatic heterocycles. The quantitative estimate of drug-likeness (QED) is 0.352. The number of anilines is 3. The third kappa shape index (κ3) is 5.02. The Kier molecular flexibility index (Phi) is 6.45. The van der Waals surface area contributed by atoms with E-state index in [0.29, 0.717) is 23.5 Å². The van der Waals surface area contributed by atoms with Crippen molar-refractivity contribution in [2.75, 3.05) is 22.5 Å². The molecule has 0 atom stereocenters. The Labute approximate surface area is 207 Å². The lowest BCUT2D eigenvalue weighted by molar-refractivity contribution is 0.102. The number of aromatic nitrogens is 1. The number of hydrogen-bond acceptors (Lipinski definition) is 6. The van der Waals surface area contributed by atoms with Gasteiger partial charge in [0.05, 0.1) is 17.1 Å². The molecule has 0 unspecified atom stereocenters. The van der Waals surface area contributed by atoms with Crippen molar-refractivity contribution in [2.45, 2.75) is 19.4 Å². The van der Waals surface area contributed by atoms with Crippen LogP contribution in [0.5, 0.6) is 0 Å². The van der Waals surface area contributed by atoms with E-state index in [9.17, 15) is 9.59 Å². The molecular weight excluding hydrogens is 460 g/mol. The van der Waals surface area contributed by atoms with E-state index in [0.717, 1.165) is 40.1 Å². The number of aryl methyl sites for hydroxylation is 1. The molecule has 4 aromatic rings. The maximum atomic E-state index is 13.0. The number of rotatable bonds is 5. The number of nitrogens with one attached hydrogen (secondary N) is 1. The molecule has 1 aliphatic heterocycles. The van der Waals surface area contributed by atoms with Gasteiger partial charge in [-0.15, -0.1) is 11.3 Å². The number of ether oxygens (including phenoxy) is 1. The van der Waals surface area contributed by atoms with Gasteiger partial charge in [-0.05, 0) is 71.8 Å². The zero-order valence-corrected chi connectivity index (χ0v) is 19.8. The van der Waals surface area contributed by atoms with E-state index in [1.54, 1.807) is 52.9 Å². The zero-order valence-electron chi connectivity index (χ0n) is 18.9. The van der Waals surface area contributed by atoms with Gasteiger partial charge in [-0.25, -0.2) is 4.79 Å². The van der Waals surface area contributed by atoms with Gasteiger partial charge in [-0.3, -0.25) is 14.7 Å². The smallest absolute Gasteiger partial charge is 0.414 e. The molecule has 5 rings (SSSR count). The predicted molar refractivity (Wildman–Crippen MR) is 139 cm³/mol. The second-order valence-corrected chi connectivity index (χ2v) is 9.20. The van der Waals surface area contributed by atoms with Crippen LogP contribution in [-0.4, -0.2) is 23.5 Å². The number of thiophene rings is 1. The number of fused-ring (bicyclic) bond motifs is 1. The van der Waals surface area contributed by atoms with Gasteiger partial charge in [0.2, 0.25) is 0 Å². The lowest BCUT2D eigenvalue weighted by Gasteiger charge is -2.29. The number of pyridine rings is 1. The van der Waals surface area contributed by atoms with Crippen LogP contribution in [0.1, 0.15) is 27.9 Å². The molecule has 0 radical (unpaired) electrons. The Morgan fingerprint density at radius 1 is 1.11 bits per heavy atom. The van der Waals surface area contributed by atoms with E-state index in [4.69, 9.17) is 10.5 Å². The average Bonchev–Trinajstić information content (AvgIpc) is 3.43. The molecule has 176 valence electrons. The molecule has 0 spiro atoms. The number of amides is 2. The maximum absolute atomic E-state index is 13.0. The lowest BCUT2D eigenvalue weighted by atomic mass is 9.99. The predicted octanol–water partition coefficient (Wildman–Crippen LogP) is 5.73. The van der Waals surface area contributed by atoms with Crippen LogP contribution in [0.4, 0.5) is 21.9 Å². The van der Waals surface area contributed by atoms with Gasteiger partial charge in [0.25, 0.3) is 5.91 Å². The summed E-state index contributed by atoms with van der Waals surface area (Å²) in [6.45, 7) is 0.724. The molecule has 1 aliphatic rings. The highest BCUT2D eigenvalue weighted by Crippen LogP contribution is 2.32. The van der Waals surface area contributed by atoms with E-state index < -0.39 is 6.09 Å². The highest BCUT2D eigenvalue weighted by Gasteiger charge is 2.25. The Morgan fingerprint density at radius 3 is 2.83 bits per heavy atom. The second-order valence-electron chi connectivity index (χ2n) is 8.25. The first-order valence-corrected chi connectivity index (χ1v) is 12.2. The molecule has 2 amide bonds. The fourth-order valence-electron chi connectivity index (χ4n) is 4.09. The van der Waals surface area contributed by atoms with Gasteiger partial charge in [-0.1, -0.05) is 18.2 Å². The van der Waals surface area contributed by atoms with Crippen molar-refractivity contribution in [3.05, 3.63) is 95.1 Å². The second kappa shape index (κ2) is 9.99. The van der Waals surface area contributed by atoms with Crippen molar-refractivity contribution < 1.29 is 14.3 Å². The van der Waals surface area contributed by atoms with Crippen molar-refractivity contribution in [1.29, 1.82) is 0 Å². The van der Waals surface area contributed by atoms with Gasteiger partial charge in [0, 0.05) is 34.9 Å². The number of nitrogens with two attached hydrogens (primary N) is 1. The number of hydrogen-bond donors (Lipinski definition) is 2. The summed E-state index contributed by atoms with van der Waals surface area (Å²) in [6.07, 6.45) is 4.50. The van der Waals surface area contributed by atoms with Crippen LogP contribution in [0.25, 0.3) is 10.4 Å². The third-order valence-electron chi connectivity index (χ3n) is 5.87. The first-order valence-electron chi connectivity index (χ1n) is 11.3. The minimum absolute atomic E-state index is 0.158. The normalized spacial score (nSPS) is 12.6. The molecule has 7 nitrogen and oxygen atoms in total. The lowest BCUT2D eigenvalue weighted by Crippen LogP contribution is -2.36. The number of benzene rings is 2. The van der Waals surface area contributed by atoms with Gasteiger partial charge in [0.1, 0.15) is 6.61 Å². The van der Waals surface area contributed by atoms with Crippen LogP contribution in [0, 0.1) is 0 Å². The van der Waals surface area contributed by atoms with Crippen LogP contribution in [0.2, 0.25) is 0 Å². The van der Waals surface area contributed by atoms with Gasteiger partial charge in [-0.2, -0.15) is 0 Å². The van der Waals surface area contributed by atoms with Gasteiger partial charge < -0.3 is 15.8 Å². The highest BCUT2D eigenvalue weighted by atomic mass is 32.1. The van der Waals surface area contributed by atoms with Crippen LogP contribution in [0.15, 0.2) is 78.4 Å².